The highest BCUT2D eigenvalue weighted by molar-refractivity contribution is 6.01. The average Bonchev–Trinajstić information content (AvgIpc) is 2.84. The lowest BCUT2D eigenvalue weighted by Crippen LogP contribution is -2.38. The zero-order valence-corrected chi connectivity index (χ0v) is 17.9. The van der Waals surface area contributed by atoms with Gasteiger partial charge in [0, 0.05) is 16.7 Å². The van der Waals surface area contributed by atoms with Crippen LogP contribution in [0, 0.1) is 24.2 Å². The van der Waals surface area contributed by atoms with E-state index < -0.39 is 18.0 Å². The van der Waals surface area contributed by atoms with Crippen LogP contribution >= 0.6 is 0 Å². The second kappa shape index (κ2) is 10.1. The maximum absolute atomic E-state index is 12.6. The molecule has 0 fully saturated rings. The number of carbonyl (C=O) groups excluding carboxylic acids is 2. The van der Waals surface area contributed by atoms with E-state index in [0.29, 0.717) is 17.0 Å². The number of hydrogen-bond donors (Lipinski definition) is 0. The largest absolute Gasteiger partial charge is 0.497 e. The van der Waals surface area contributed by atoms with Crippen molar-refractivity contribution in [3.05, 3.63) is 77.0 Å². The minimum absolute atomic E-state index is 0.00760. The minimum Gasteiger partial charge on any atom is -0.497 e. The van der Waals surface area contributed by atoms with E-state index in [1.54, 1.807) is 30.2 Å². The summed E-state index contributed by atoms with van der Waals surface area (Å²) < 4.78 is 15.0. The first-order valence-corrected chi connectivity index (χ1v) is 9.62. The second-order valence-electron chi connectivity index (χ2n) is 6.64. The summed E-state index contributed by atoms with van der Waals surface area (Å²) in [4.78, 5) is 26.3. The Kier molecular flexibility index (Phi) is 7.00. The summed E-state index contributed by atoms with van der Waals surface area (Å²) in [6, 6.07) is 12.1. The molecule has 1 heterocycles. The lowest BCUT2D eigenvalue weighted by molar-refractivity contribution is -0.138. The SMILES string of the molecule is C#Cc1cccc(C#CC2C=Cc3cc(OC)ccc3N2/C(=C/C(=O)OC)C(=O)OC)c1. The Morgan fingerprint density at radius 2 is 1.84 bits per heavy atom. The maximum Gasteiger partial charge on any atom is 0.355 e. The van der Waals surface area contributed by atoms with Gasteiger partial charge in [0.25, 0.3) is 0 Å². The molecule has 3 rings (SSSR count). The van der Waals surface area contributed by atoms with Crippen LogP contribution in [0.15, 0.2) is 60.3 Å². The molecule has 0 aliphatic carbocycles. The lowest BCUT2D eigenvalue weighted by atomic mass is 10.0. The third kappa shape index (κ3) is 4.83. The second-order valence-corrected chi connectivity index (χ2v) is 6.64. The Bertz CT molecular complexity index is 1210. The lowest BCUT2D eigenvalue weighted by Gasteiger charge is -2.33. The molecule has 0 saturated heterocycles. The number of ether oxygens (including phenoxy) is 3. The van der Waals surface area contributed by atoms with Gasteiger partial charge in [-0.25, -0.2) is 9.59 Å². The van der Waals surface area contributed by atoms with Gasteiger partial charge in [-0.05, 0) is 42.5 Å². The molecule has 1 atom stereocenters. The summed E-state index contributed by atoms with van der Waals surface area (Å²) >= 11 is 0. The first-order chi connectivity index (χ1) is 15.5. The molecule has 0 aromatic heterocycles. The average molecular weight is 427 g/mol. The van der Waals surface area contributed by atoms with Gasteiger partial charge in [0.2, 0.25) is 0 Å². The summed E-state index contributed by atoms with van der Waals surface area (Å²) in [5, 5.41) is 0. The summed E-state index contributed by atoms with van der Waals surface area (Å²) in [6.45, 7) is 0. The van der Waals surface area contributed by atoms with Crippen LogP contribution in [0.4, 0.5) is 5.69 Å². The van der Waals surface area contributed by atoms with Crippen LogP contribution in [-0.4, -0.2) is 39.3 Å². The van der Waals surface area contributed by atoms with Gasteiger partial charge in [-0.3, -0.25) is 0 Å². The molecule has 0 saturated carbocycles. The molecule has 32 heavy (non-hydrogen) atoms. The number of terminal acetylenes is 1. The molecule has 160 valence electrons. The number of benzene rings is 2. The van der Waals surface area contributed by atoms with E-state index in [0.717, 1.165) is 17.2 Å². The fraction of sp³-hybridized carbons (Fsp3) is 0.154. The van der Waals surface area contributed by atoms with E-state index in [9.17, 15) is 9.59 Å². The molecule has 0 radical (unpaired) electrons. The van der Waals surface area contributed by atoms with Gasteiger partial charge in [0.15, 0.2) is 0 Å². The summed E-state index contributed by atoms with van der Waals surface area (Å²) in [7, 11) is 4.05. The number of nitrogens with zero attached hydrogens (tertiary/aromatic N) is 1. The topological polar surface area (TPSA) is 65.1 Å². The number of carbonyl (C=O) groups is 2. The van der Waals surface area contributed by atoms with Gasteiger partial charge in [0.1, 0.15) is 17.5 Å². The van der Waals surface area contributed by atoms with Crippen molar-refractivity contribution in [2.24, 2.45) is 0 Å². The highest BCUT2D eigenvalue weighted by atomic mass is 16.5. The van der Waals surface area contributed by atoms with Crippen molar-refractivity contribution in [1.82, 2.24) is 0 Å². The highest BCUT2D eigenvalue weighted by Gasteiger charge is 2.30. The van der Waals surface area contributed by atoms with Gasteiger partial charge in [-0.2, -0.15) is 0 Å². The van der Waals surface area contributed by atoms with Gasteiger partial charge >= 0.3 is 11.9 Å². The molecule has 1 unspecified atom stereocenters. The monoisotopic (exact) mass is 427 g/mol. The third-order valence-corrected chi connectivity index (χ3v) is 4.73. The Balaban J connectivity index is 2.14. The van der Waals surface area contributed by atoms with Crippen molar-refractivity contribution in [2.45, 2.75) is 6.04 Å². The standard InChI is InChI=1S/C26H21NO5/c1-5-18-7-6-8-19(15-18)9-11-21-12-10-20-16-22(30-2)13-14-23(20)27(21)24(26(29)32-4)17-25(28)31-3/h1,6-8,10,12-17,21H,2-4H3/b24-17+. The summed E-state index contributed by atoms with van der Waals surface area (Å²) in [6.07, 6.45) is 10.3. The van der Waals surface area contributed by atoms with E-state index in [4.69, 9.17) is 20.6 Å². The Morgan fingerprint density at radius 1 is 1.06 bits per heavy atom. The molecule has 2 aromatic carbocycles. The Morgan fingerprint density at radius 3 is 2.53 bits per heavy atom. The summed E-state index contributed by atoms with van der Waals surface area (Å²) in [5.74, 6) is 8.08. The van der Waals surface area contributed by atoms with Crippen LogP contribution in [0.25, 0.3) is 6.08 Å². The number of anilines is 1. The van der Waals surface area contributed by atoms with Crippen LogP contribution in [0.5, 0.6) is 5.75 Å². The fourth-order valence-electron chi connectivity index (χ4n) is 3.18. The predicted octanol–water partition coefficient (Wildman–Crippen LogP) is 3.16. The number of hydrogen-bond acceptors (Lipinski definition) is 6. The summed E-state index contributed by atoms with van der Waals surface area (Å²) in [5.41, 5.74) is 2.88. The van der Waals surface area contributed by atoms with Crippen molar-refractivity contribution in [2.75, 3.05) is 26.2 Å². The molecular weight excluding hydrogens is 406 g/mol. The van der Waals surface area contributed by atoms with E-state index in [1.807, 2.05) is 36.4 Å². The molecule has 6 nitrogen and oxygen atoms in total. The van der Waals surface area contributed by atoms with Crippen molar-refractivity contribution in [3.63, 3.8) is 0 Å². The number of fused-ring (bicyclic) bond motifs is 1. The zero-order valence-electron chi connectivity index (χ0n) is 17.9. The first kappa shape index (κ1) is 22.3. The van der Waals surface area contributed by atoms with Crippen LogP contribution in [0.2, 0.25) is 0 Å². The quantitative estimate of drug-likeness (QED) is 0.424. The van der Waals surface area contributed by atoms with Crippen molar-refractivity contribution >= 4 is 23.7 Å². The molecule has 0 N–H and O–H groups in total. The van der Waals surface area contributed by atoms with E-state index >= 15 is 0 Å². The van der Waals surface area contributed by atoms with E-state index in [1.165, 1.54) is 14.2 Å². The number of esters is 2. The highest BCUT2D eigenvalue weighted by Crippen LogP contribution is 2.35. The molecule has 1 aliphatic heterocycles. The molecule has 0 bridgehead atoms. The van der Waals surface area contributed by atoms with Crippen LogP contribution in [0.3, 0.4) is 0 Å². The van der Waals surface area contributed by atoms with Crippen molar-refractivity contribution in [3.8, 4) is 29.9 Å². The molecule has 0 spiro atoms. The molecule has 6 heteroatoms. The predicted molar refractivity (Wildman–Crippen MR) is 122 cm³/mol. The van der Waals surface area contributed by atoms with Gasteiger partial charge < -0.3 is 19.1 Å². The normalized spacial score (nSPS) is 14.4. The molecule has 0 amide bonds. The van der Waals surface area contributed by atoms with E-state index in [2.05, 4.69) is 17.8 Å². The Hall–Kier alpha value is -4.42. The smallest absolute Gasteiger partial charge is 0.355 e. The van der Waals surface area contributed by atoms with Gasteiger partial charge in [0.05, 0.1) is 33.1 Å². The number of rotatable bonds is 4. The Labute approximate surface area is 187 Å². The van der Waals surface area contributed by atoms with E-state index in [-0.39, 0.29) is 5.70 Å². The fourth-order valence-corrected chi connectivity index (χ4v) is 3.18. The first-order valence-electron chi connectivity index (χ1n) is 9.62. The molecule has 2 aromatic rings. The van der Waals surface area contributed by atoms with Gasteiger partial charge in [-0.1, -0.05) is 29.9 Å². The van der Waals surface area contributed by atoms with Crippen molar-refractivity contribution < 1.29 is 23.8 Å². The maximum atomic E-state index is 12.6. The van der Waals surface area contributed by atoms with Gasteiger partial charge in [-0.15, -0.1) is 6.42 Å². The molecule has 1 aliphatic rings. The van der Waals surface area contributed by atoms with Crippen LogP contribution < -0.4 is 9.64 Å². The van der Waals surface area contributed by atoms with Crippen LogP contribution in [-0.2, 0) is 19.1 Å². The van der Waals surface area contributed by atoms with Crippen LogP contribution in [0.1, 0.15) is 16.7 Å². The molecular formula is C26H21NO5. The van der Waals surface area contributed by atoms with Crippen molar-refractivity contribution in [1.29, 1.82) is 0 Å². The number of methoxy groups -OCH3 is 3. The minimum atomic E-state index is -0.700. The third-order valence-electron chi connectivity index (χ3n) is 4.73. The zero-order chi connectivity index (χ0) is 23.1.